The molecule has 0 aliphatic rings. The zero-order chi connectivity index (χ0) is 14.0. The number of benzene rings is 1. The number of aromatic nitrogens is 1. The van der Waals surface area contributed by atoms with E-state index >= 15 is 0 Å². The Labute approximate surface area is 111 Å². The summed E-state index contributed by atoms with van der Waals surface area (Å²) in [5.74, 6) is -0.675. The predicted molar refractivity (Wildman–Crippen MR) is 63.0 cm³/mol. The van der Waals surface area contributed by atoms with Crippen LogP contribution < -0.4 is 4.74 Å². The van der Waals surface area contributed by atoms with Crippen LogP contribution in [0.15, 0.2) is 36.5 Å². The van der Waals surface area contributed by atoms with Gasteiger partial charge in [-0.05, 0) is 23.8 Å². The molecule has 3 nitrogen and oxygen atoms in total. The van der Waals surface area contributed by atoms with E-state index in [1.165, 1.54) is 24.4 Å². The van der Waals surface area contributed by atoms with Crippen molar-refractivity contribution in [2.24, 2.45) is 0 Å². The van der Waals surface area contributed by atoms with Crippen molar-refractivity contribution in [2.75, 3.05) is 0 Å². The first-order valence-corrected chi connectivity index (χ1v) is 5.44. The Bertz CT molecular complexity index is 602. The lowest BCUT2D eigenvalue weighted by Crippen LogP contribution is -2.17. The lowest BCUT2D eigenvalue weighted by Gasteiger charge is -2.11. The molecule has 2 aromatic rings. The number of pyridine rings is 1. The number of halogens is 4. The van der Waals surface area contributed by atoms with E-state index < -0.39 is 6.36 Å². The average Bonchev–Trinajstić information content (AvgIpc) is 2.31. The fraction of sp³-hybridized carbons (Fsp3) is 0.0833. The summed E-state index contributed by atoms with van der Waals surface area (Å²) in [4.78, 5) is 3.65. The van der Waals surface area contributed by atoms with Gasteiger partial charge in [-0.3, -0.25) is 0 Å². The van der Waals surface area contributed by atoms with Crippen LogP contribution in [0.25, 0.3) is 11.1 Å². The molecule has 0 saturated heterocycles. The smallest absolute Gasteiger partial charge is 0.504 e. The molecule has 0 fully saturated rings. The molecule has 0 spiro atoms. The Kier molecular flexibility index (Phi) is 3.53. The lowest BCUT2D eigenvalue weighted by atomic mass is 10.1. The summed E-state index contributed by atoms with van der Waals surface area (Å²) in [7, 11) is 0. The van der Waals surface area contributed by atoms with Crippen LogP contribution in [-0.2, 0) is 0 Å². The Morgan fingerprint density at radius 3 is 2.63 bits per heavy atom. The van der Waals surface area contributed by atoms with Gasteiger partial charge < -0.3 is 9.84 Å². The third kappa shape index (κ3) is 3.29. The van der Waals surface area contributed by atoms with Crippen LogP contribution in [0.5, 0.6) is 11.5 Å². The van der Waals surface area contributed by atoms with Crippen LogP contribution in [0, 0.1) is 0 Å². The number of rotatable bonds is 2. The van der Waals surface area contributed by atoms with Gasteiger partial charge >= 0.3 is 6.36 Å². The third-order valence-electron chi connectivity index (χ3n) is 2.26. The summed E-state index contributed by atoms with van der Waals surface area (Å²) in [6, 6.07) is 6.66. The normalized spacial score (nSPS) is 11.4. The van der Waals surface area contributed by atoms with E-state index in [1.807, 2.05) is 0 Å². The molecule has 0 aliphatic heterocycles. The molecular formula is C12H7ClF3NO2. The maximum absolute atomic E-state index is 12.1. The molecule has 0 unspecified atom stereocenters. The first-order valence-electron chi connectivity index (χ1n) is 5.06. The van der Waals surface area contributed by atoms with Crippen molar-refractivity contribution in [1.29, 1.82) is 0 Å². The summed E-state index contributed by atoms with van der Waals surface area (Å²) in [5.41, 5.74) is 0.608. The number of nitrogens with zero attached hydrogens (tertiary/aromatic N) is 1. The molecule has 0 saturated carbocycles. The van der Waals surface area contributed by atoms with Gasteiger partial charge in [0.1, 0.15) is 5.75 Å². The van der Waals surface area contributed by atoms with Crippen molar-refractivity contribution in [3.05, 3.63) is 41.7 Å². The Morgan fingerprint density at radius 1 is 1.21 bits per heavy atom. The zero-order valence-electron chi connectivity index (χ0n) is 9.28. The minimum Gasteiger partial charge on any atom is -0.504 e. The molecule has 1 aromatic carbocycles. The highest BCUT2D eigenvalue weighted by Crippen LogP contribution is 2.35. The topological polar surface area (TPSA) is 42.4 Å². The molecule has 0 atom stereocenters. The SMILES string of the molecule is Oc1c(-c2cccc(OC(F)(F)F)c2)ccnc1Cl. The monoisotopic (exact) mass is 289 g/mol. The molecule has 1 heterocycles. The van der Waals surface area contributed by atoms with Gasteiger partial charge in [0.25, 0.3) is 0 Å². The molecule has 0 bridgehead atoms. The minimum absolute atomic E-state index is 0.125. The molecule has 100 valence electrons. The Hall–Kier alpha value is -1.95. The van der Waals surface area contributed by atoms with Crippen molar-refractivity contribution in [3.63, 3.8) is 0 Å². The van der Waals surface area contributed by atoms with E-state index in [2.05, 4.69) is 9.72 Å². The fourth-order valence-corrected chi connectivity index (χ4v) is 1.68. The van der Waals surface area contributed by atoms with Crippen LogP contribution in [-0.4, -0.2) is 16.5 Å². The van der Waals surface area contributed by atoms with Crippen LogP contribution >= 0.6 is 11.6 Å². The van der Waals surface area contributed by atoms with E-state index in [1.54, 1.807) is 0 Å². The average molecular weight is 290 g/mol. The number of hydrogen-bond donors (Lipinski definition) is 1. The second kappa shape index (κ2) is 4.97. The van der Waals surface area contributed by atoms with E-state index in [0.29, 0.717) is 5.56 Å². The molecule has 1 aromatic heterocycles. The van der Waals surface area contributed by atoms with Crippen LogP contribution in [0.1, 0.15) is 0 Å². The van der Waals surface area contributed by atoms with Gasteiger partial charge in [0.15, 0.2) is 10.9 Å². The summed E-state index contributed by atoms with van der Waals surface area (Å²) >= 11 is 5.64. The second-order valence-electron chi connectivity index (χ2n) is 3.57. The van der Waals surface area contributed by atoms with Crippen molar-refractivity contribution < 1.29 is 23.0 Å². The summed E-state index contributed by atoms with van der Waals surface area (Å²) in [6.45, 7) is 0. The second-order valence-corrected chi connectivity index (χ2v) is 3.93. The summed E-state index contributed by atoms with van der Waals surface area (Å²) < 4.78 is 40.2. The van der Waals surface area contributed by atoms with Gasteiger partial charge in [-0.15, -0.1) is 13.2 Å². The van der Waals surface area contributed by atoms with Gasteiger partial charge in [-0.25, -0.2) is 4.98 Å². The van der Waals surface area contributed by atoms with Crippen LogP contribution in [0.4, 0.5) is 13.2 Å². The standard InChI is InChI=1S/C12H7ClF3NO2/c13-11-10(18)9(4-5-17-11)7-2-1-3-8(6-7)19-12(14,15)16/h1-6,18H. The van der Waals surface area contributed by atoms with Crippen molar-refractivity contribution >= 4 is 11.6 Å². The minimum atomic E-state index is -4.77. The number of hydrogen-bond acceptors (Lipinski definition) is 3. The quantitative estimate of drug-likeness (QED) is 0.850. The van der Waals surface area contributed by atoms with E-state index in [9.17, 15) is 18.3 Å². The van der Waals surface area contributed by atoms with Gasteiger partial charge in [0.05, 0.1) is 0 Å². The predicted octanol–water partition coefficient (Wildman–Crippen LogP) is 4.01. The summed E-state index contributed by atoms with van der Waals surface area (Å²) in [5, 5.41) is 9.59. The fourth-order valence-electron chi connectivity index (χ4n) is 1.52. The highest BCUT2D eigenvalue weighted by Gasteiger charge is 2.31. The van der Waals surface area contributed by atoms with Crippen molar-refractivity contribution in [3.8, 4) is 22.6 Å². The Balaban J connectivity index is 2.41. The first-order chi connectivity index (χ1) is 8.87. The van der Waals surface area contributed by atoms with Crippen LogP contribution in [0.2, 0.25) is 5.15 Å². The first kappa shape index (κ1) is 13.5. The van der Waals surface area contributed by atoms with Crippen LogP contribution in [0.3, 0.4) is 0 Å². The molecule has 2 rings (SSSR count). The molecule has 0 aliphatic carbocycles. The van der Waals surface area contributed by atoms with Crippen molar-refractivity contribution in [1.82, 2.24) is 4.98 Å². The van der Waals surface area contributed by atoms with E-state index in [-0.39, 0.29) is 22.2 Å². The zero-order valence-corrected chi connectivity index (χ0v) is 10.0. The number of ether oxygens (including phenoxy) is 1. The maximum atomic E-state index is 12.1. The number of alkyl halides is 3. The molecular weight excluding hydrogens is 283 g/mol. The molecule has 7 heteroatoms. The Morgan fingerprint density at radius 2 is 1.95 bits per heavy atom. The van der Waals surface area contributed by atoms with E-state index in [0.717, 1.165) is 12.1 Å². The number of aromatic hydroxyl groups is 1. The lowest BCUT2D eigenvalue weighted by molar-refractivity contribution is -0.274. The summed E-state index contributed by atoms with van der Waals surface area (Å²) in [6.07, 6.45) is -3.43. The third-order valence-corrected chi connectivity index (χ3v) is 2.53. The highest BCUT2D eigenvalue weighted by atomic mass is 35.5. The highest BCUT2D eigenvalue weighted by molar-refractivity contribution is 6.31. The molecule has 1 N–H and O–H groups in total. The van der Waals surface area contributed by atoms with E-state index in [4.69, 9.17) is 11.6 Å². The van der Waals surface area contributed by atoms with Crippen molar-refractivity contribution in [2.45, 2.75) is 6.36 Å². The maximum Gasteiger partial charge on any atom is 0.573 e. The van der Waals surface area contributed by atoms with Gasteiger partial charge in [-0.2, -0.15) is 0 Å². The van der Waals surface area contributed by atoms with Gasteiger partial charge in [0, 0.05) is 11.8 Å². The molecule has 19 heavy (non-hydrogen) atoms. The van der Waals surface area contributed by atoms with Gasteiger partial charge in [0.2, 0.25) is 0 Å². The largest absolute Gasteiger partial charge is 0.573 e. The molecule has 0 radical (unpaired) electrons. The molecule has 0 amide bonds. The van der Waals surface area contributed by atoms with Gasteiger partial charge in [-0.1, -0.05) is 23.7 Å².